The second-order valence-electron chi connectivity index (χ2n) is 10.7. The minimum absolute atomic E-state index is 0.136. The number of hydrogen-bond donors (Lipinski definition) is 1. The van der Waals surface area contributed by atoms with Crippen molar-refractivity contribution in [1.82, 2.24) is 23.3 Å². The minimum atomic E-state index is -4.39. The quantitative estimate of drug-likeness (QED) is 0.298. The fraction of sp³-hybridized carbons (Fsp3) is 0.400. The molecule has 1 N–H and O–H groups in total. The first kappa shape index (κ1) is 30.8. The number of nitrogens with one attached hydrogen (secondary N) is 1. The van der Waals surface area contributed by atoms with Gasteiger partial charge in [-0.1, -0.05) is 38.1 Å². The highest BCUT2D eigenvalue weighted by Gasteiger charge is 2.31. The van der Waals surface area contributed by atoms with Crippen LogP contribution in [-0.2, 0) is 35.8 Å². The number of piperazine rings is 1. The highest BCUT2D eigenvalue weighted by atomic mass is 32.2. The van der Waals surface area contributed by atoms with Crippen LogP contribution in [0.25, 0.3) is 22.3 Å². The summed E-state index contributed by atoms with van der Waals surface area (Å²) in [7, 11) is -3.77. The molecular weight excluding hydrogens is 583 g/mol. The van der Waals surface area contributed by atoms with E-state index in [1.54, 1.807) is 22.8 Å². The van der Waals surface area contributed by atoms with Gasteiger partial charge in [-0.3, -0.25) is 18.8 Å². The molecule has 1 aliphatic rings. The molecule has 3 heterocycles. The number of hydrogen-bond acceptors (Lipinski definition) is 5. The van der Waals surface area contributed by atoms with Gasteiger partial charge in [0.15, 0.2) is 0 Å². The molecule has 0 unspecified atom stereocenters. The van der Waals surface area contributed by atoms with E-state index in [-0.39, 0.29) is 29.2 Å². The van der Waals surface area contributed by atoms with E-state index in [0.717, 1.165) is 24.1 Å². The number of aromatic amines is 1. The lowest BCUT2D eigenvalue weighted by Crippen LogP contribution is -2.48. The SMILES string of the molecule is CCCn1c(=O)c2[nH]c(-c3ccc(S(=O)(=O)N4CCN(Cc5ccc(C(F)(F)F)cc5)CC4)cc3)cc2n(CCC)c1=O. The number of benzene rings is 2. The van der Waals surface area contributed by atoms with Gasteiger partial charge in [-0.2, -0.15) is 17.5 Å². The molecule has 43 heavy (non-hydrogen) atoms. The van der Waals surface area contributed by atoms with Gasteiger partial charge in [-0.05, 0) is 54.3 Å². The minimum Gasteiger partial charge on any atom is -0.349 e. The van der Waals surface area contributed by atoms with Crippen molar-refractivity contribution in [2.45, 2.75) is 57.4 Å². The van der Waals surface area contributed by atoms with Gasteiger partial charge in [-0.25, -0.2) is 13.2 Å². The highest BCUT2D eigenvalue weighted by molar-refractivity contribution is 7.89. The normalized spacial score (nSPS) is 15.4. The molecule has 1 aliphatic heterocycles. The molecule has 0 aliphatic carbocycles. The van der Waals surface area contributed by atoms with Crippen molar-refractivity contribution in [3.8, 4) is 11.3 Å². The maximum Gasteiger partial charge on any atom is 0.416 e. The molecule has 1 saturated heterocycles. The predicted octanol–water partition coefficient (Wildman–Crippen LogP) is 4.50. The number of halogens is 3. The summed E-state index contributed by atoms with van der Waals surface area (Å²) in [4.78, 5) is 31.4. The first-order valence-corrected chi connectivity index (χ1v) is 15.7. The van der Waals surface area contributed by atoms with Crippen molar-refractivity contribution < 1.29 is 21.6 Å². The van der Waals surface area contributed by atoms with Gasteiger partial charge in [-0.15, -0.1) is 0 Å². The molecule has 0 bridgehead atoms. The summed E-state index contributed by atoms with van der Waals surface area (Å²) in [6, 6.07) is 13.2. The number of alkyl halides is 3. The Kier molecular flexibility index (Phi) is 8.68. The Balaban J connectivity index is 1.30. The zero-order valence-corrected chi connectivity index (χ0v) is 24.8. The number of fused-ring (bicyclic) bond motifs is 1. The summed E-state index contributed by atoms with van der Waals surface area (Å²) in [5.74, 6) is 0. The fourth-order valence-corrected chi connectivity index (χ4v) is 6.87. The van der Waals surface area contributed by atoms with E-state index in [1.165, 1.54) is 33.1 Å². The van der Waals surface area contributed by atoms with Crippen LogP contribution in [0, 0.1) is 0 Å². The van der Waals surface area contributed by atoms with Crippen molar-refractivity contribution in [2.75, 3.05) is 26.2 Å². The lowest BCUT2D eigenvalue weighted by Gasteiger charge is -2.34. The summed E-state index contributed by atoms with van der Waals surface area (Å²) < 4.78 is 69.5. The third-order valence-electron chi connectivity index (χ3n) is 7.72. The molecule has 0 amide bonds. The van der Waals surface area contributed by atoms with Gasteiger partial charge in [0.05, 0.1) is 16.0 Å². The van der Waals surface area contributed by atoms with Gasteiger partial charge in [0.25, 0.3) is 5.56 Å². The molecule has 2 aromatic carbocycles. The highest BCUT2D eigenvalue weighted by Crippen LogP contribution is 2.29. The second kappa shape index (κ2) is 12.1. The Hall–Kier alpha value is -3.68. The van der Waals surface area contributed by atoms with Crippen LogP contribution in [0.1, 0.15) is 37.8 Å². The number of aryl methyl sites for hydroxylation is 1. The molecule has 13 heteroatoms. The van der Waals surface area contributed by atoms with Crippen molar-refractivity contribution in [2.24, 2.45) is 0 Å². The first-order chi connectivity index (χ1) is 20.4. The molecule has 0 spiro atoms. The number of H-pyrrole nitrogens is 1. The van der Waals surface area contributed by atoms with Gasteiger partial charge < -0.3 is 4.98 Å². The van der Waals surface area contributed by atoms with E-state index >= 15 is 0 Å². The van der Waals surface area contributed by atoms with Crippen molar-refractivity contribution >= 4 is 21.1 Å². The van der Waals surface area contributed by atoms with E-state index in [1.807, 2.05) is 18.7 Å². The van der Waals surface area contributed by atoms with E-state index in [4.69, 9.17) is 0 Å². The maximum absolute atomic E-state index is 13.4. The van der Waals surface area contributed by atoms with Crippen LogP contribution in [0.5, 0.6) is 0 Å². The average Bonchev–Trinajstić information content (AvgIpc) is 3.43. The molecule has 0 radical (unpaired) electrons. The van der Waals surface area contributed by atoms with Crippen molar-refractivity contribution in [1.29, 1.82) is 0 Å². The van der Waals surface area contributed by atoms with Gasteiger partial charge in [0, 0.05) is 51.5 Å². The zero-order valence-electron chi connectivity index (χ0n) is 24.0. The molecule has 5 rings (SSSR count). The summed E-state index contributed by atoms with van der Waals surface area (Å²) in [5.41, 5.74) is 1.44. The Bertz CT molecular complexity index is 1820. The zero-order chi connectivity index (χ0) is 30.9. The lowest BCUT2D eigenvalue weighted by atomic mass is 10.1. The molecule has 0 atom stereocenters. The van der Waals surface area contributed by atoms with E-state index in [2.05, 4.69) is 4.98 Å². The van der Waals surface area contributed by atoms with E-state index in [0.29, 0.717) is 61.4 Å². The summed E-state index contributed by atoms with van der Waals surface area (Å²) >= 11 is 0. The maximum atomic E-state index is 13.4. The molecule has 2 aromatic heterocycles. The van der Waals surface area contributed by atoms with Crippen LogP contribution in [0.3, 0.4) is 0 Å². The fourth-order valence-electron chi connectivity index (χ4n) is 5.45. The number of nitrogens with zero attached hydrogens (tertiary/aromatic N) is 4. The second-order valence-corrected chi connectivity index (χ2v) is 12.7. The Labute approximate surface area is 247 Å². The van der Waals surface area contributed by atoms with Gasteiger partial charge >= 0.3 is 11.9 Å². The molecule has 0 saturated carbocycles. The molecule has 230 valence electrons. The average molecular weight is 618 g/mol. The molecular formula is C30H34F3N5O4S. The summed E-state index contributed by atoms with van der Waals surface area (Å²) in [5, 5.41) is 0. The lowest BCUT2D eigenvalue weighted by molar-refractivity contribution is -0.137. The van der Waals surface area contributed by atoms with Crippen LogP contribution >= 0.6 is 0 Å². The van der Waals surface area contributed by atoms with Crippen LogP contribution in [-0.4, -0.2) is 57.9 Å². The smallest absolute Gasteiger partial charge is 0.349 e. The summed E-state index contributed by atoms with van der Waals surface area (Å²) in [6.07, 6.45) is -3.02. The molecule has 9 nitrogen and oxygen atoms in total. The van der Waals surface area contributed by atoms with Crippen LogP contribution in [0.15, 0.2) is 69.1 Å². The Morgan fingerprint density at radius 2 is 1.44 bits per heavy atom. The van der Waals surface area contributed by atoms with Crippen LogP contribution in [0.2, 0.25) is 0 Å². The monoisotopic (exact) mass is 617 g/mol. The predicted molar refractivity (Wildman–Crippen MR) is 158 cm³/mol. The third-order valence-corrected chi connectivity index (χ3v) is 9.64. The number of rotatable bonds is 9. The third kappa shape index (κ3) is 6.20. The molecule has 1 fully saturated rings. The number of sulfonamides is 1. The topological polar surface area (TPSA) is 100 Å². The van der Waals surface area contributed by atoms with E-state index in [9.17, 15) is 31.2 Å². The summed E-state index contributed by atoms with van der Waals surface area (Å²) in [6.45, 7) is 6.48. The Morgan fingerprint density at radius 1 is 0.837 bits per heavy atom. The van der Waals surface area contributed by atoms with Crippen LogP contribution < -0.4 is 11.2 Å². The largest absolute Gasteiger partial charge is 0.416 e. The van der Waals surface area contributed by atoms with E-state index < -0.39 is 21.8 Å². The number of aromatic nitrogens is 3. The first-order valence-electron chi connectivity index (χ1n) is 14.3. The standard InChI is InChI=1S/C30H34F3N5O4S/c1-3-13-37-26-19-25(34-27(26)28(39)38(14-4-2)29(37)40)22-7-11-24(12-8-22)43(41,42)36-17-15-35(16-18-36)20-21-5-9-23(10-6-21)30(31,32)33/h5-12,19,34H,3-4,13-18,20H2,1-2H3. The Morgan fingerprint density at radius 3 is 2.02 bits per heavy atom. The van der Waals surface area contributed by atoms with Crippen LogP contribution in [0.4, 0.5) is 13.2 Å². The van der Waals surface area contributed by atoms with Crippen molar-refractivity contribution in [3.05, 3.63) is 86.6 Å². The van der Waals surface area contributed by atoms with Crippen molar-refractivity contribution in [3.63, 3.8) is 0 Å². The van der Waals surface area contributed by atoms with Gasteiger partial charge in [0.1, 0.15) is 5.52 Å². The molecule has 4 aromatic rings. The van der Waals surface area contributed by atoms with Gasteiger partial charge in [0.2, 0.25) is 10.0 Å².